The van der Waals surface area contributed by atoms with Crippen LogP contribution in [0.15, 0.2) is 18.2 Å². The maximum atomic E-state index is 12.7. The molecule has 3 amide bonds. The molecule has 0 saturated heterocycles. The summed E-state index contributed by atoms with van der Waals surface area (Å²) in [6.07, 6.45) is 4.09. The molecular weight excluding hydrogens is 318 g/mol. The van der Waals surface area contributed by atoms with Crippen molar-refractivity contribution in [1.29, 1.82) is 0 Å². The maximum Gasteiger partial charge on any atom is 0.251 e. The third-order valence-corrected chi connectivity index (χ3v) is 4.63. The summed E-state index contributed by atoms with van der Waals surface area (Å²) < 4.78 is 0. The second-order valence-electron chi connectivity index (χ2n) is 7.36. The molecule has 0 radical (unpaired) electrons. The molecule has 0 spiro atoms. The van der Waals surface area contributed by atoms with E-state index in [-0.39, 0.29) is 23.3 Å². The van der Waals surface area contributed by atoms with Crippen molar-refractivity contribution < 1.29 is 14.4 Å². The van der Waals surface area contributed by atoms with Crippen molar-refractivity contribution in [1.82, 2.24) is 5.32 Å². The number of benzene rings is 1. The highest BCUT2D eigenvalue weighted by Crippen LogP contribution is 2.32. The number of carbonyl (C=O) groups excluding carboxylic acids is 3. The average Bonchev–Trinajstić information content (AvgIpc) is 2.49. The van der Waals surface area contributed by atoms with Gasteiger partial charge in [0.05, 0.1) is 0 Å². The van der Waals surface area contributed by atoms with E-state index in [1.54, 1.807) is 18.2 Å². The van der Waals surface area contributed by atoms with Crippen molar-refractivity contribution in [3.8, 4) is 0 Å². The van der Waals surface area contributed by atoms with Crippen LogP contribution in [0, 0.1) is 5.92 Å². The zero-order valence-corrected chi connectivity index (χ0v) is 15.4. The van der Waals surface area contributed by atoms with Gasteiger partial charge < -0.3 is 16.0 Å². The van der Waals surface area contributed by atoms with Crippen LogP contribution < -0.4 is 16.0 Å². The second-order valence-corrected chi connectivity index (χ2v) is 7.36. The number of hydrogen-bond acceptors (Lipinski definition) is 3. The third kappa shape index (κ3) is 5.59. The van der Waals surface area contributed by atoms with E-state index in [1.807, 2.05) is 0 Å². The average molecular weight is 345 g/mol. The lowest BCUT2D eigenvalue weighted by molar-refractivity contribution is -0.115. The van der Waals surface area contributed by atoms with Crippen LogP contribution in [-0.2, 0) is 9.59 Å². The first kappa shape index (κ1) is 19.0. The Bertz CT molecular complexity index is 642. The minimum atomic E-state index is -0.237. The van der Waals surface area contributed by atoms with Crippen LogP contribution in [0.3, 0.4) is 0 Å². The summed E-state index contributed by atoms with van der Waals surface area (Å²) in [7, 11) is 0. The molecule has 2 rings (SSSR count). The van der Waals surface area contributed by atoms with Gasteiger partial charge in [0.2, 0.25) is 11.8 Å². The predicted molar refractivity (Wildman–Crippen MR) is 98.6 cm³/mol. The summed E-state index contributed by atoms with van der Waals surface area (Å²) in [6, 6.07) is 4.87. The lowest BCUT2D eigenvalue weighted by atomic mass is 9.78. The molecule has 0 unspecified atom stereocenters. The smallest absolute Gasteiger partial charge is 0.251 e. The van der Waals surface area contributed by atoms with Gasteiger partial charge >= 0.3 is 0 Å². The summed E-state index contributed by atoms with van der Waals surface area (Å²) in [5.41, 5.74) is 1.15. The first-order chi connectivity index (χ1) is 11.7. The van der Waals surface area contributed by atoms with Gasteiger partial charge in [-0.25, -0.2) is 0 Å². The third-order valence-electron chi connectivity index (χ3n) is 4.63. The first-order valence-electron chi connectivity index (χ1n) is 8.70. The topological polar surface area (TPSA) is 87.3 Å². The molecule has 6 nitrogen and oxygen atoms in total. The molecule has 6 heteroatoms. The monoisotopic (exact) mass is 345 g/mol. The van der Waals surface area contributed by atoms with Gasteiger partial charge in [-0.3, -0.25) is 14.4 Å². The predicted octanol–water partition coefficient (Wildman–Crippen LogP) is 3.30. The van der Waals surface area contributed by atoms with E-state index < -0.39 is 0 Å². The van der Waals surface area contributed by atoms with Crippen LogP contribution >= 0.6 is 0 Å². The van der Waals surface area contributed by atoms with E-state index in [0.717, 1.165) is 25.7 Å². The van der Waals surface area contributed by atoms with Gasteiger partial charge in [-0.2, -0.15) is 0 Å². The molecule has 1 fully saturated rings. The molecule has 25 heavy (non-hydrogen) atoms. The molecular formula is C19H27N3O3. The lowest BCUT2D eigenvalue weighted by Crippen LogP contribution is -2.48. The van der Waals surface area contributed by atoms with Crippen molar-refractivity contribution in [2.45, 2.75) is 58.9 Å². The molecule has 1 saturated carbocycles. The van der Waals surface area contributed by atoms with Gasteiger partial charge in [-0.05, 0) is 56.7 Å². The molecule has 136 valence electrons. The van der Waals surface area contributed by atoms with Crippen LogP contribution in [0.2, 0.25) is 0 Å². The Labute approximate surface area is 148 Å². The number of anilines is 2. The van der Waals surface area contributed by atoms with Crippen molar-refractivity contribution in [3.63, 3.8) is 0 Å². The molecule has 1 aliphatic rings. The van der Waals surface area contributed by atoms with Crippen LogP contribution in [-0.4, -0.2) is 23.3 Å². The van der Waals surface area contributed by atoms with Crippen LogP contribution in [0.4, 0.5) is 11.4 Å². The van der Waals surface area contributed by atoms with E-state index in [4.69, 9.17) is 0 Å². The van der Waals surface area contributed by atoms with Gasteiger partial charge in [0.25, 0.3) is 5.91 Å². The van der Waals surface area contributed by atoms with Crippen molar-refractivity contribution in [2.75, 3.05) is 10.6 Å². The Hall–Kier alpha value is -2.37. The molecule has 0 aromatic heterocycles. The number of nitrogens with one attached hydrogen (secondary N) is 3. The fraction of sp³-hybridized carbons (Fsp3) is 0.526. The minimum absolute atomic E-state index is 0.198. The summed E-state index contributed by atoms with van der Waals surface area (Å²) in [5, 5.41) is 8.45. The Morgan fingerprint density at radius 2 is 1.44 bits per heavy atom. The molecule has 1 aliphatic carbocycles. The Balaban J connectivity index is 2.21. The fourth-order valence-electron chi connectivity index (χ4n) is 3.18. The zero-order valence-electron chi connectivity index (χ0n) is 15.4. The van der Waals surface area contributed by atoms with Crippen LogP contribution in [0.1, 0.15) is 63.7 Å². The number of hydrogen-bond donors (Lipinski definition) is 3. The van der Waals surface area contributed by atoms with Crippen molar-refractivity contribution in [3.05, 3.63) is 23.8 Å². The van der Waals surface area contributed by atoms with Gasteiger partial charge in [0, 0.05) is 36.3 Å². The quantitative estimate of drug-likeness (QED) is 0.782. The van der Waals surface area contributed by atoms with Gasteiger partial charge in [-0.15, -0.1) is 0 Å². The Morgan fingerprint density at radius 1 is 0.960 bits per heavy atom. The minimum Gasteiger partial charge on any atom is -0.347 e. The molecule has 0 bridgehead atoms. The lowest BCUT2D eigenvalue weighted by Gasteiger charge is -2.37. The van der Waals surface area contributed by atoms with Crippen LogP contribution in [0.5, 0.6) is 0 Å². The fourth-order valence-corrected chi connectivity index (χ4v) is 3.18. The highest BCUT2D eigenvalue weighted by molar-refractivity contribution is 6.00. The largest absolute Gasteiger partial charge is 0.347 e. The van der Waals surface area contributed by atoms with E-state index in [0.29, 0.717) is 22.9 Å². The van der Waals surface area contributed by atoms with Crippen molar-refractivity contribution in [2.24, 2.45) is 5.92 Å². The van der Waals surface area contributed by atoms with Gasteiger partial charge in [0.1, 0.15) is 0 Å². The van der Waals surface area contributed by atoms with E-state index in [9.17, 15) is 14.4 Å². The van der Waals surface area contributed by atoms with Gasteiger partial charge in [0.15, 0.2) is 0 Å². The molecule has 3 N–H and O–H groups in total. The summed E-state index contributed by atoms with van der Waals surface area (Å²) in [6.45, 7) is 7.10. The van der Waals surface area contributed by atoms with Crippen molar-refractivity contribution >= 4 is 29.1 Å². The summed E-state index contributed by atoms with van der Waals surface area (Å²) in [4.78, 5) is 35.4. The summed E-state index contributed by atoms with van der Waals surface area (Å²) in [5.74, 6) is 0.0226. The molecule has 0 atom stereocenters. The van der Waals surface area contributed by atoms with Gasteiger partial charge in [-0.1, -0.05) is 6.92 Å². The van der Waals surface area contributed by atoms with E-state index in [1.165, 1.54) is 13.8 Å². The van der Waals surface area contributed by atoms with Crippen LogP contribution in [0.25, 0.3) is 0 Å². The number of carbonyl (C=O) groups is 3. The number of rotatable bonds is 4. The number of amides is 3. The maximum absolute atomic E-state index is 12.7. The Morgan fingerprint density at radius 3 is 1.88 bits per heavy atom. The highest BCUT2D eigenvalue weighted by atomic mass is 16.2. The standard InChI is InChI=1S/C19H27N3O3/c1-12-5-7-19(4,8-6-12)22-18(25)15-9-16(20-13(2)23)11-17(10-15)21-14(3)24/h9-12H,5-8H2,1-4H3,(H,20,23)(H,21,24)(H,22,25). The zero-order chi connectivity index (χ0) is 18.6. The van der Waals surface area contributed by atoms with E-state index >= 15 is 0 Å². The Kier molecular flexibility index (Phi) is 5.82. The normalized spacial score (nSPS) is 22.8. The molecule has 0 aliphatic heterocycles. The SMILES string of the molecule is CC(=O)Nc1cc(NC(C)=O)cc(C(=O)NC2(C)CCC(C)CC2)c1. The van der Waals surface area contributed by atoms with E-state index in [2.05, 4.69) is 29.8 Å². The molecule has 0 heterocycles. The molecule has 1 aromatic carbocycles. The second kappa shape index (κ2) is 7.68. The highest BCUT2D eigenvalue weighted by Gasteiger charge is 2.31. The molecule has 1 aromatic rings. The summed E-state index contributed by atoms with van der Waals surface area (Å²) >= 11 is 0. The first-order valence-corrected chi connectivity index (χ1v) is 8.70.